The molecule has 1 heterocycles. The maximum atomic E-state index is 13.1. The number of carbonyl (C=O) groups excluding carboxylic acids is 3. The minimum Gasteiger partial charge on any atom is -0.479 e. The summed E-state index contributed by atoms with van der Waals surface area (Å²) in [5.74, 6) is -3.33. The van der Waals surface area contributed by atoms with Crippen LogP contribution in [0.4, 0.5) is 0 Å². The van der Waals surface area contributed by atoms with E-state index >= 15 is 0 Å². The predicted octanol–water partition coefficient (Wildman–Crippen LogP) is 14.8. The summed E-state index contributed by atoms with van der Waals surface area (Å²) in [7, 11) is 0. The molecule has 0 spiro atoms. The molecule has 0 amide bonds. The first-order valence-corrected chi connectivity index (χ1v) is 28.8. The molecule has 0 aliphatic carbocycles. The van der Waals surface area contributed by atoms with Crippen LogP contribution in [0.15, 0.2) is 146 Å². The van der Waals surface area contributed by atoms with Gasteiger partial charge in [-0.2, -0.15) is 0 Å². The predicted molar refractivity (Wildman–Crippen MR) is 312 cm³/mol. The molecule has 0 bridgehead atoms. The highest BCUT2D eigenvalue weighted by Crippen LogP contribution is 2.26. The van der Waals surface area contributed by atoms with Crippen LogP contribution in [-0.4, -0.2) is 89.2 Å². The Morgan fingerprint density at radius 2 is 0.805 bits per heavy atom. The van der Waals surface area contributed by atoms with Crippen molar-refractivity contribution >= 4 is 23.9 Å². The van der Waals surface area contributed by atoms with Gasteiger partial charge in [0.2, 0.25) is 0 Å². The fraction of sp³-hybridized carbons (Fsp3) is 0.569. The lowest BCUT2D eigenvalue weighted by Gasteiger charge is -2.40. The topological polar surface area (TPSA) is 175 Å². The van der Waals surface area contributed by atoms with Gasteiger partial charge in [-0.1, -0.05) is 192 Å². The number of hydrogen-bond acceptors (Lipinski definition) is 11. The van der Waals surface area contributed by atoms with Crippen molar-refractivity contribution in [3.05, 3.63) is 146 Å². The summed E-state index contributed by atoms with van der Waals surface area (Å²) in [5.41, 5.74) is 0. The Morgan fingerprint density at radius 1 is 0.429 bits per heavy atom. The van der Waals surface area contributed by atoms with Gasteiger partial charge in [0.1, 0.15) is 18.8 Å². The molecule has 1 rings (SSSR count). The Labute approximate surface area is 463 Å². The standard InChI is InChI=1S/C65H98O12/c1-4-7-10-13-16-19-22-25-27-28-29-30-32-34-36-39-42-45-48-51-57(66)73-54-56(75-58(67)52-49-46-43-40-38-35-31-26-23-20-17-14-11-8-5-2)55-74-65-63(61(70)60(69)62(77-65)64(71)72)76-59(68)53-50-47-44-41-37-33-24-21-18-15-12-9-6-3/h7-12,16-21,25-27,29-31,33,37-38,40,44,47,56,60-63,65,69-70H,4-6,13-15,22-24,28,32,34-36,39,41-43,45-46,48-55H2,1-3H3,(H,71,72)/b10-7-,11-8-,12-9-,19-16-,20-17-,21-18-,27-25-,30-29-,31-26-,37-33-,40-38-,47-44-. The second-order valence-corrected chi connectivity index (χ2v) is 18.8. The molecule has 6 unspecified atom stereocenters. The number of hydrogen-bond donors (Lipinski definition) is 3. The first kappa shape index (κ1) is 69.6. The molecular formula is C65H98O12. The van der Waals surface area contributed by atoms with Gasteiger partial charge in [0.25, 0.3) is 0 Å². The minimum atomic E-state index is -1.94. The van der Waals surface area contributed by atoms with Crippen LogP contribution in [0.2, 0.25) is 0 Å². The number of aliphatic hydroxyl groups is 2. The molecule has 430 valence electrons. The molecular weight excluding hydrogens is 973 g/mol. The van der Waals surface area contributed by atoms with Crippen LogP contribution in [0.3, 0.4) is 0 Å². The maximum Gasteiger partial charge on any atom is 0.335 e. The number of unbranched alkanes of at least 4 members (excludes halogenated alkanes) is 8. The van der Waals surface area contributed by atoms with Gasteiger partial charge >= 0.3 is 23.9 Å². The highest BCUT2D eigenvalue weighted by molar-refractivity contribution is 5.74. The molecule has 1 aliphatic heterocycles. The molecule has 1 aliphatic rings. The molecule has 0 aromatic carbocycles. The zero-order chi connectivity index (χ0) is 56.1. The lowest BCUT2D eigenvalue weighted by Crippen LogP contribution is -2.61. The van der Waals surface area contributed by atoms with Crippen LogP contribution >= 0.6 is 0 Å². The molecule has 1 saturated heterocycles. The molecule has 6 atom stereocenters. The summed E-state index contributed by atoms with van der Waals surface area (Å²) in [4.78, 5) is 51.0. The third kappa shape index (κ3) is 41.4. The van der Waals surface area contributed by atoms with Crippen molar-refractivity contribution in [3.8, 4) is 0 Å². The summed E-state index contributed by atoms with van der Waals surface area (Å²) < 4.78 is 28.2. The first-order chi connectivity index (χ1) is 37.6. The fourth-order valence-corrected chi connectivity index (χ4v) is 7.60. The second kappa shape index (κ2) is 51.4. The lowest BCUT2D eigenvalue weighted by molar-refractivity contribution is -0.301. The van der Waals surface area contributed by atoms with Gasteiger partial charge in [-0.25, -0.2) is 4.79 Å². The highest BCUT2D eigenvalue weighted by Gasteiger charge is 2.50. The molecule has 0 radical (unpaired) electrons. The third-order valence-corrected chi connectivity index (χ3v) is 11.9. The molecule has 1 fully saturated rings. The van der Waals surface area contributed by atoms with Gasteiger partial charge in [-0.3, -0.25) is 14.4 Å². The number of carbonyl (C=O) groups is 4. The Balaban J connectivity index is 2.77. The number of carboxylic acids is 1. The molecule has 0 aromatic rings. The van der Waals surface area contributed by atoms with E-state index < -0.39 is 67.3 Å². The zero-order valence-corrected chi connectivity index (χ0v) is 47.1. The van der Waals surface area contributed by atoms with Crippen molar-refractivity contribution in [2.45, 2.75) is 225 Å². The Hall–Kier alpha value is -5.40. The summed E-state index contributed by atoms with van der Waals surface area (Å²) >= 11 is 0. The van der Waals surface area contributed by atoms with Gasteiger partial charge in [-0.15, -0.1) is 0 Å². The van der Waals surface area contributed by atoms with E-state index in [1.807, 2.05) is 18.2 Å². The SMILES string of the molecule is CC/C=C\C/C=C\C/C=C\C/C=C\CCCCCCCCC(=O)OCC(COC1OC(C(=O)O)C(O)C(O)C1OC(=O)CC/C=C\C/C=C\C/C=C\C/C=C\CC)OC(=O)CCCC/C=C\C/C=C\C/C=C\C/C=C\CC. The van der Waals surface area contributed by atoms with E-state index in [1.165, 1.54) is 0 Å². The second-order valence-electron chi connectivity index (χ2n) is 18.8. The normalized spacial score (nSPS) is 19.1. The van der Waals surface area contributed by atoms with Gasteiger partial charge in [0, 0.05) is 19.3 Å². The largest absolute Gasteiger partial charge is 0.479 e. The van der Waals surface area contributed by atoms with Crippen molar-refractivity contribution in [2.75, 3.05) is 13.2 Å². The van der Waals surface area contributed by atoms with Crippen LogP contribution in [0, 0.1) is 0 Å². The fourth-order valence-electron chi connectivity index (χ4n) is 7.60. The number of ether oxygens (including phenoxy) is 5. The average Bonchev–Trinajstić information content (AvgIpc) is 3.42. The molecule has 0 saturated carbocycles. The average molecular weight is 1070 g/mol. The number of aliphatic carboxylic acids is 1. The number of rotatable bonds is 46. The summed E-state index contributed by atoms with van der Waals surface area (Å²) in [5, 5.41) is 31.4. The van der Waals surface area contributed by atoms with Crippen molar-refractivity contribution in [1.29, 1.82) is 0 Å². The van der Waals surface area contributed by atoms with Gasteiger partial charge < -0.3 is 39.0 Å². The van der Waals surface area contributed by atoms with E-state index in [9.17, 15) is 34.5 Å². The van der Waals surface area contributed by atoms with Crippen LogP contribution in [-0.2, 0) is 42.9 Å². The van der Waals surface area contributed by atoms with Crippen LogP contribution in [0.1, 0.15) is 188 Å². The van der Waals surface area contributed by atoms with Crippen molar-refractivity contribution in [3.63, 3.8) is 0 Å². The highest BCUT2D eigenvalue weighted by atomic mass is 16.7. The summed E-state index contributed by atoms with van der Waals surface area (Å²) in [6.45, 7) is 5.54. The molecule has 77 heavy (non-hydrogen) atoms. The van der Waals surface area contributed by atoms with E-state index in [1.54, 1.807) is 0 Å². The van der Waals surface area contributed by atoms with Gasteiger partial charge in [-0.05, 0) is 122 Å². The van der Waals surface area contributed by atoms with Gasteiger partial charge in [0.15, 0.2) is 24.6 Å². The van der Waals surface area contributed by atoms with E-state index in [-0.39, 0.29) is 25.9 Å². The first-order valence-electron chi connectivity index (χ1n) is 28.8. The van der Waals surface area contributed by atoms with E-state index in [0.29, 0.717) is 25.7 Å². The van der Waals surface area contributed by atoms with Crippen LogP contribution in [0.25, 0.3) is 0 Å². The third-order valence-electron chi connectivity index (χ3n) is 11.9. The number of aliphatic hydroxyl groups excluding tert-OH is 2. The Kier molecular flexibility index (Phi) is 46.4. The lowest BCUT2D eigenvalue weighted by atomic mass is 9.98. The molecule has 0 aromatic heterocycles. The van der Waals surface area contributed by atoms with Crippen LogP contribution < -0.4 is 0 Å². The van der Waals surface area contributed by atoms with E-state index in [0.717, 1.165) is 122 Å². The van der Waals surface area contributed by atoms with Crippen molar-refractivity contribution in [2.24, 2.45) is 0 Å². The Bertz CT molecular complexity index is 1890. The smallest absolute Gasteiger partial charge is 0.335 e. The zero-order valence-electron chi connectivity index (χ0n) is 47.1. The summed E-state index contributed by atoms with van der Waals surface area (Å²) in [6.07, 6.45) is 61.3. The number of esters is 3. The molecule has 3 N–H and O–H groups in total. The maximum absolute atomic E-state index is 13.1. The number of allylic oxidation sites excluding steroid dienone is 24. The molecule has 12 nitrogen and oxygen atoms in total. The summed E-state index contributed by atoms with van der Waals surface area (Å²) in [6, 6.07) is 0. The van der Waals surface area contributed by atoms with E-state index in [2.05, 4.69) is 148 Å². The van der Waals surface area contributed by atoms with Crippen molar-refractivity contribution < 1.29 is 58.2 Å². The number of carboxylic acid groups (broad SMARTS) is 1. The van der Waals surface area contributed by atoms with Crippen LogP contribution in [0.5, 0.6) is 0 Å². The minimum absolute atomic E-state index is 0.0756. The Morgan fingerprint density at radius 3 is 1.26 bits per heavy atom. The van der Waals surface area contributed by atoms with E-state index in [4.69, 9.17) is 23.7 Å². The molecule has 12 heteroatoms. The van der Waals surface area contributed by atoms with Gasteiger partial charge in [0.05, 0.1) is 6.61 Å². The monoisotopic (exact) mass is 1070 g/mol. The van der Waals surface area contributed by atoms with Crippen molar-refractivity contribution in [1.82, 2.24) is 0 Å². The quantitative estimate of drug-likeness (QED) is 0.0228.